The molecule has 0 saturated carbocycles. The Kier molecular flexibility index (Phi) is 13.9. The first-order valence-corrected chi connectivity index (χ1v) is 14.7. The molecule has 0 fully saturated rings. The fourth-order valence-corrected chi connectivity index (χ4v) is 4.48. The molecule has 4 heteroatoms. The molecule has 1 N–H and O–H groups in total. The van der Waals surface area contributed by atoms with E-state index in [0.29, 0.717) is 6.42 Å². The van der Waals surface area contributed by atoms with Crippen molar-refractivity contribution in [2.45, 2.75) is 93.7 Å². The standard InChI is InChI=1S/C18H35AsO3/c1-19(2,22)17-15-13-11-9-7-5-3-4-6-8-10-12-14-16-18(20)21/h3,5H,4,6-17H2,1-2H3,(H,20,21)/b5-3-. The molecule has 130 valence electrons. The van der Waals surface area contributed by atoms with Gasteiger partial charge >= 0.3 is 110 Å². The molecule has 0 aromatic rings. The zero-order valence-electron chi connectivity index (χ0n) is 14.6. The molecule has 0 aromatic heterocycles. The van der Waals surface area contributed by atoms with Crippen molar-refractivity contribution in [3.8, 4) is 0 Å². The fraction of sp³-hybridized carbons (Fsp3) is 0.833. The molecule has 0 rings (SSSR count). The summed E-state index contributed by atoms with van der Waals surface area (Å²) in [6, 6.07) is 0. The molecule has 22 heavy (non-hydrogen) atoms. The van der Waals surface area contributed by atoms with Gasteiger partial charge in [0.15, 0.2) is 0 Å². The Morgan fingerprint density at radius 1 is 0.818 bits per heavy atom. The van der Waals surface area contributed by atoms with E-state index in [4.69, 9.17) is 5.11 Å². The molecular weight excluding hydrogens is 339 g/mol. The summed E-state index contributed by atoms with van der Waals surface area (Å²) in [5, 5.41) is 9.48. The summed E-state index contributed by atoms with van der Waals surface area (Å²) in [5.41, 5.74) is 3.88. The average Bonchev–Trinajstić information content (AvgIpc) is 2.41. The van der Waals surface area contributed by atoms with Crippen LogP contribution in [0.5, 0.6) is 0 Å². The maximum absolute atomic E-state index is 11.6. The van der Waals surface area contributed by atoms with Crippen molar-refractivity contribution in [2.24, 2.45) is 0 Å². The van der Waals surface area contributed by atoms with Gasteiger partial charge in [-0.05, 0) is 6.42 Å². The molecule has 3 nitrogen and oxygen atoms in total. The van der Waals surface area contributed by atoms with Crippen molar-refractivity contribution < 1.29 is 13.6 Å². The van der Waals surface area contributed by atoms with E-state index < -0.39 is 19.5 Å². The van der Waals surface area contributed by atoms with Gasteiger partial charge in [-0.1, -0.05) is 6.42 Å². The van der Waals surface area contributed by atoms with E-state index in [9.17, 15) is 8.53 Å². The first kappa shape index (κ1) is 21.6. The van der Waals surface area contributed by atoms with Crippen LogP contribution in [0.1, 0.15) is 77.0 Å². The summed E-state index contributed by atoms with van der Waals surface area (Å²) >= 11 is -2.37. The van der Waals surface area contributed by atoms with Crippen LogP contribution in [0.15, 0.2) is 12.2 Å². The Morgan fingerprint density at radius 3 is 1.77 bits per heavy atom. The second-order valence-electron chi connectivity index (χ2n) is 6.67. The second kappa shape index (κ2) is 14.2. The molecule has 0 aliphatic heterocycles. The molecule has 0 amide bonds. The molecule has 0 spiro atoms. The van der Waals surface area contributed by atoms with Gasteiger partial charge in [-0.2, -0.15) is 0 Å². The number of unbranched alkanes of at least 4 members (excludes halogenated alkanes) is 9. The minimum absolute atomic E-state index is 0.314. The van der Waals surface area contributed by atoms with Crippen molar-refractivity contribution in [1.29, 1.82) is 0 Å². The maximum atomic E-state index is 11.6. The van der Waals surface area contributed by atoms with E-state index in [1.54, 1.807) is 0 Å². The monoisotopic (exact) mass is 374 g/mol. The summed E-state index contributed by atoms with van der Waals surface area (Å²) in [6.07, 6.45) is 17.5. The number of hydrogen-bond acceptors (Lipinski definition) is 2. The van der Waals surface area contributed by atoms with Crippen molar-refractivity contribution in [3.63, 3.8) is 0 Å². The smallest absolute Gasteiger partial charge is 0.481 e. The minimum Gasteiger partial charge on any atom is -0.481 e. The van der Waals surface area contributed by atoms with Gasteiger partial charge in [-0.15, -0.1) is 0 Å². The van der Waals surface area contributed by atoms with E-state index >= 15 is 0 Å². The summed E-state index contributed by atoms with van der Waals surface area (Å²) in [4.78, 5) is 10.3. The van der Waals surface area contributed by atoms with E-state index in [-0.39, 0.29) is 0 Å². The molecule has 0 atom stereocenters. The van der Waals surface area contributed by atoms with E-state index in [1.807, 2.05) is 11.4 Å². The Morgan fingerprint density at radius 2 is 1.27 bits per heavy atom. The second-order valence-corrected chi connectivity index (χ2v) is 14.2. The number of carboxylic acids is 1. The fourth-order valence-electron chi connectivity index (χ4n) is 2.41. The third kappa shape index (κ3) is 19.6. The Labute approximate surface area is 139 Å². The first-order chi connectivity index (χ1) is 10.4. The van der Waals surface area contributed by atoms with E-state index in [2.05, 4.69) is 12.2 Å². The molecular formula is C18H35AsO3. The Hall–Kier alpha value is -0.432. The third-order valence-electron chi connectivity index (χ3n) is 3.75. The number of hydrogen-bond donors (Lipinski definition) is 1. The van der Waals surface area contributed by atoms with Gasteiger partial charge in [-0.3, -0.25) is 4.79 Å². The number of aliphatic carboxylic acids is 1. The van der Waals surface area contributed by atoms with Gasteiger partial charge in [0.2, 0.25) is 0 Å². The van der Waals surface area contributed by atoms with Crippen molar-refractivity contribution in [1.82, 2.24) is 0 Å². The van der Waals surface area contributed by atoms with Crippen molar-refractivity contribution >= 4 is 19.5 Å². The van der Waals surface area contributed by atoms with E-state index in [1.165, 1.54) is 38.5 Å². The summed E-state index contributed by atoms with van der Waals surface area (Å²) in [5.74, 6) is -0.678. The number of allylic oxidation sites excluding steroid dienone is 2. The molecule has 0 radical (unpaired) electrons. The molecule has 0 unspecified atom stereocenters. The summed E-state index contributed by atoms with van der Waals surface area (Å²) in [7, 11) is 0. The first-order valence-electron chi connectivity index (χ1n) is 8.82. The number of rotatable bonds is 15. The predicted octanol–water partition coefficient (Wildman–Crippen LogP) is 5.94. The molecule has 0 aliphatic carbocycles. The van der Waals surface area contributed by atoms with Crippen molar-refractivity contribution in [3.05, 3.63) is 12.2 Å². The average molecular weight is 374 g/mol. The molecule has 0 aliphatic rings. The molecule has 0 saturated heterocycles. The normalized spacial score (nSPS) is 12.1. The van der Waals surface area contributed by atoms with Gasteiger partial charge in [-0.25, -0.2) is 0 Å². The quantitative estimate of drug-likeness (QED) is 0.219. The minimum atomic E-state index is -2.37. The van der Waals surface area contributed by atoms with Crippen LogP contribution < -0.4 is 0 Å². The van der Waals surface area contributed by atoms with Crippen LogP contribution in [0.2, 0.25) is 16.6 Å². The predicted molar refractivity (Wildman–Crippen MR) is 95.2 cm³/mol. The van der Waals surface area contributed by atoms with Gasteiger partial charge in [0.25, 0.3) is 0 Å². The number of carbonyl (C=O) groups is 1. The zero-order chi connectivity index (χ0) is 16.7. The number of carboxylic acid groups (broad SMARTS) is 1. The van der Waals surface area contributed by atoms with Crippen LogP contribution >= 0.6 is 0 Å². The third-order valence-corrected chi connectivity index (χ3v) is 6.67. The molecule has 0 bridgehead atoms. The van der Waals surface area contributed by atoms with Gasteiger partial charge in [0.05, 0.1) is 0 Å². The van der Waals surface area contributed by atoms with Crippen LogP contribution in [0.25, 0.3) is 0 Å². The topological polar surface area (TPSA) is 54.4 Å². The SMILES string of the molecule is C[As](C)(=O)CCCCCC/C=C\CCCCCCCC(=O)O. The molecule has 0 aromatic carbocycles. The van der Waals surface area contributed by atoms with Gasteiger partial charge < -0.3 is 5.11 Å². The molecule has 0 heterocycles. The van der Waals surface area contributed by atoms with Crippen LogP contribution in [-0.2, 0) is 8.53 Å². The van der Waals surface area contributed by atoms with Crippen molar-refractivity contribution in [2.75, 3.05) is 0 Å². The van der Waals surface area contributed by atoms with Crippen LogP contribution in [0.3, 0.4) is 0 Å². The van der Waals surface area contributed by atoms with Crippen LogP contribution in [-0.4, -0.2) is 24.6 Å². The van der Waals surface area contributed by atoms with E-state index in [0.717, 1.165) is 37.3 Å². The Bertz CT molecular complexity index is 344. The zero-order valence-corrected chi connectivity index (χ0v) is 16.4. The summed E-state index contributed by atoms with van der Waals surface area (Å²) in [6.45, 7) is 0. The Balaban J connectivity index is 3.18. The van der Waals surface area contributed by atoms with Gasteiger partial charge in [0, 0.05) is 6.42 Å². The van der Waals surface area contributed by atoms with Gasteiger partial charge in [0.1, 0.15) is 0 Å². The summed E-state index contributed by atoms with van der Waals surface area (Å²) < 4.78 is 11.6. The van der Waals surface area contributed by atoms with Crippen LogP contribution in [0, 0.1) is 0 Å². The van der Waals surface area contributed by atoms with Crippen LogP contribution in [0.4, 0.5) is 0 Å².